The van der Waals surface area contributed by atoms with Gasteiger partial charge in [-0.15, -0.1) is 0 Å². The first-order valence-corrected chi connectivity index (χ1v) is 7.60. The van der Waals surface area contributed by atoms with Crippen LogP contribution in [-0.2, 0) is 4.74 Å². The second kappa shape index (κ2) is 6.57. The van der Waals surface area contributed by atoms with Crippen LogP contribution in [0.25, 0.3) is 0 Å². The highest BCUT2D eigenvalue weighted by molar-refractivity contribution is 5.37. The molecule has 0 spiro atoms. The summed E-state index contributed by atoms with van der Waals surface area (Å²) in [5.41, 5.74) is 1.30. The van der Waals surface area contributed by atoms with Crippen molar-refractivity contribution < 1.29 is 9.47 Å². The zero-order valence-electron chi connectivity index (χ0n) is 12.2. The number of para-hydroxylation sites is 1. The van der Waals surface area contributed by atoms with E-state index < -0.39 is 0 Å². The Morgan fingerprint density at radius 2 is 2.05 bits per heavy atom. The normalized spacial score (nSPS) is 26.9. The first-order valence-electron chi connectivity index (χ1n) is 7.60. The predicted octanol–water partition coefficient (Wildman–Crippen LogP) is 1.68. The zero-order chi connectivity index (χ0) is 13.8. The van der Waals surface area contributed by atoms with Crippen LogP contribution in [0.2, 0.25) is 0 Å². The minimum atomic E-state index is 0.404. The van der Waals surface area contributed by atoms with E-state index >= 15 is 0 Å². The number of morpholine rings is 1. The average Bonchev–Trinajstić information content (AvgIpc) is 2.50. The van der Waals surface area contributed by atoms with E-state index in [2.05, 4.69) is 35.3 Å². The third-order valence-corrected chi connectivity index (χ3v) is 4.22. The molecule has 2 unspecified atom stereocenters. The summed E-state index contributed by atoms with van der Waals surface area (Å²) in [7, 11) is 0. The highest BCUT2D eigenvalue weighted by Gasteiger charge is 2.27. The molecule has 2 heterocycles. The van der Waals surface area contributed by atoms with Gasteiger partial charge >= 0.3 is 0 Å². The molecule has 0 bridgehead atoms. The van der Waals surface area contributed by atoms with E-state index in [4.69, 9.17) is 9.47 Å². The predicted molar refractivity (Wildman–Crippen MR) is 79.1 cm³/mol. The largest absolute Gasteiger partial charge is 0.493 e. The molecule has 1 aromatic carbocycles. The Labute approximate surface area is 121 Å². The van der Waals surface area contributed by atoms with Crippen LogP contribution in [0.3, 0.4) is 0 Å². The number of fused-ring (bicyclic) bond motifs is 1. The minimum absolute atomic E-state index is 0.404. The number of nitrogens with one attached hydrogen (secondary N) is 1. The van der Waals surface area contributed by atoms with Gasteiger partial charge in [0, 0.05) is 43.7 Å². The van der Waals surface area contributed by atoms with Gasteiger partial charge in [0.05, 0.1) is 19.8 Å². The summed E-state index contributed by atoms with van der Waals surface area (Å²) in [5, 5.41) is 3.71. The van der Waals surface area contributed by atoms with E-state index in [0.29, 0.717) is 12.0 Å². The van der Waals surface area contributed by atoms with E-state index in [-0.39, 0.29) is 0 Å². The molecule has 2 aliphatic heterocycles. The van der Waals surface area contributed by atoms with Crippen molar-refractivity contribution in [1.82, 2.24) is 10.2 Å². The molecule has 1 fully saturated rings. The van der Waals surface area contributed by atoms with Crippen molar-refractivity contribution in [3.63, 3.8) is 0 Å². The summed E-state index contributed by atoms with van der Waals surface area (Å²) in [6, 6.07) is 8.78. The lowest BCUT2D eigenvalue weighted by atomic mass is 9.92. The van der Waals surface area contributed by atoms with Gasteiger partial charge < -0.3 is 14.8 Å². The van der Waals surface area contributed by atoms with Gasteiger partial charge in [0.1, 0.15) is 5.75 Å². The number of hydrogen-bond acceptors (Lipinski definition) is 4. The van der Waals surface area contributed by atoms with Crippen molar-refractivity contribution in [3.05, 3.63) is 29.8 Å². The van der Waals surface area contributed by atoms with Crippen LogP contribution in [0.5, 0.6) is 5.75 Å². The first-order chi connectivity index (χ1) is 9.84. The summed E-state index contributed by atoms with van der Waals surface area (Å²) in [5.74, 6) is 1.55. The van der Waals surface area contributed by atoms with Crippen LogP contribution in [0.4, 0.5) is 0 Å². The fraction of sp³-hybridized carbons (Fsp3) is 0.625. The van der Waals surface area contributed by atoms with Crippen LogP contribution in [-0.4, -0.2) is 50.9 Å². The van der Waals surface area contributed by atoms with Crippen LogP contribution in [0.15, 0.2) is 24.3 Å². The third kappa shape index (κ3) is 3.14. The smallest absolute Gasteiger partial charge is 0.124 e. The Bertz CT molecular complexity index is 432. The van der Waals surface area contributed by atoms with E-state index in [1.807, 2.05) is 6.07 Å². The van der Waals surface area contributed by atoms with Crippen LogP contribution in [0, 0.1) is 5.92 Å². The molecule has 2 atom stereocenters. The molecule has 1 saturated heterocycles. The molecular formula is C16H24N2O2. The summed E-state index contributed by atoms with van der Waals surface area (Å²) >= 11 is 0. The molecule has 1 aromatic rings. The Kier molecular flexibility index (Phi) is 4.55. The topological polar surface area (TPSA) is 33.7 Å². The number of nitrogens with zero attached hydrogens (tertiary/aromatic N) is 1. The number of hydrogen-bond donors (Lipinski definition) is 1. The van der Waals surface area contributed by atoms with Crippen LogP contribution >= 0.6 is 0 Å². The third-order valence-electron chi connectivity index (χ3n) is 4.22. The fourth-order valence-corrected chi connectivity index (χ4v) is 3.01. The SMILES string of the molecule is CC1COc2ccccc2C1NCCN1CCOCC1. The van der Waals surface area contributed by atoms with Crippen LogP contribution < -0.4 is 10.1 Å². The van der Waals surface area contributed by atoms with E-state index in [0.717, 1.165) is 51.7 Å². The molecule has 0 amide bonds. The Balaban J connectivity index is 1.56. The van der Waals surface area contributed by atoms with Crippen molar-refractivity contribution in [3.8, 4) is 5.75 Å². The molecule has 1 N–H and O–H groups in total. The Hall–Kier alpha value is -1.10. The number of ether oxygens (including phenoxy) is 2. The van der Waals surface area contributed by atoms with E-state index in [1.165, 1.54) is 5.56 Å². The van der Waals surface area contributed by atoms with Crippen molar-refractivity contribution in [2.24, 2.45) is 5.92 Å². The highest BCUT2D eigenvalue weighted by atomic mass is 16.5. The maximum Gasteiger partial charge on any atom is 0.124 e. The summed E-state index contributed by atoms with van der Waals surface area (Å²) in [6.07, 6.45) is 0. The molecule has 110 valence electrons. The van der Waals surface area contributed by atoms with Gasteiger partial charge in [0.2, 0.25) is 0 Å². The molecular weight excluding hydrogens is 252 g/mol. The standard InChI is InChI=1S/C16H24N2O2/c1-13-12-20-15-5-3-2-4-14(15)16(13)17-6-7-18-8-10-19-11-9-18/h2-5,13,16-17H,6-12H2,1H3. The zero-order valence-corrected chi connectivity index (χ0v) is 12.2. The molecule has 3 rings (SSSR count). The molecule has 0 saturated carbocycles. The lowest BCUT2D eigenvalue weighted by Crippen LogP contribution is -2.42. The van der Waals surface area contributed by atoms with Crippen molar-refractivity contribution >= 4 is 0 Å². The van der Waals surface area contributed by atoms with Gasteiger partial charge in [-0.25, -0.2) is 0 Å². The first kappa shape index (κ1) is 13.9. The van der Waals surface area contributed by atoms with Gasteiger partial charge in [-0.1, -0.05) is 25.1 Å². The molecule has 4 heteroatoms. The van der Waals surface area contributed by atoms with Gasteiger partial charge in [-0.3, -0.25) is 4.90 Å². The quantitative estimate of drug-likeness (QED) is 0.907. The monoisotopic (exact) mass is 276 g/mol. The van der Waals surface area contributed by atoms with Crippen molar-refractivity contribution in [1.29, 1.82) is 0 Å². The number of benzene rings is 1. The van der Waals surface area contributed by atoms with Gasteiger partial charge in [0.25, 0.3) is 0 Å². The molecule has 20 heavy (non-hydrogen) atoms. The van der Waals surface area contributed by atoms with Crippen molar-refractivity contribution in [2.75, 3.05) is 46.0 Å². The molecule has 0 radical (unpaired) electrons. The Morgan fingerprint density at radius 1 is 1.25 bits per heavy atom. The van der Waals surface area contributed by atoms with Gasteiger partial charge in [-0.2, -0.15) is 0 Å². The van der Waals surface area contributed by atoms with Gasteiger partial charge in [0.15, 0.2) is 0 Å². The van der Waals surface area contributed by atoms with E-state index in [9.17, 15) is 0 Å². The maximum absolute atomic E-state index is 5.80. The lowest BCUT2D eigenvalue weighted by Gasteiger charge is -2.33. The van der Waals surface area contributed by atoms with Gasteiger partial charge in [-0.05, 0) is 6.07 Å². The van der Waals surface area contributed by atoms with E-state index in [1.54, 1.807) is 0 Å². The second-order valence-corrected chi connectivity index (χ2v) is 5.71. The fourth-order valence-electron chi connectivity index (χ4n) is 3.01. The highest BCUT2D eigenvalue weighted by Crippen LogP contribution is 2.34. The summed E-state index contributed by atoms with van der Waals surface area (Å²) in [6.45, 7) is 9.02. The minimum Gasteiger partial charge on any atom is -0.493 e. The summed E-state index contributed by atoms with van der Waals surface area (Å²) < 4.78 is 11.2. The number of rotatable bonds is 4. The maximum atomic E-state index is 5.80. The van der Waals surface area contributed by atoms with Crippen LogP contribution in [0.1, 0.15) is 18.5 Å². The summed E-state index contributed by atoms with van der Waals surface area (Å²) in [4.78, 5) is 2.46. The lowest BCUT2D eigenvalue weighted by molar-refractivity contribution is 0.0376. The molecule has 4 nitrogen and oxygen atoms in total. The van der Waals surface area contributed by atoms with Crippen molar-refractivity contribution in [2.45, 2.75) is 13.0 Å². The molecule has 0 aliphatic carbocycles. The molecule has 0 aromatic heterocycles. The Morgan fingerprint density at radius 3 is 2.90 bits per heavy atom. The average molecular weight is 276 g/mol. The molecule has 2 aliphatic rings. The second-order valence-electron chi connectivity index (χ2n) is 5.71.